The highest BCUT2D eigenvalue weighted by Crippen LogP contribution is 2.32. The van der Waals surface area contributed by atoms with Crippen LogP contribution in [-0.4, -0.2) is 14.1 Å². The third-order valence-corrected chi connectivity index (χ3v) is 2.32. The number of ketones is 1. The molecule has 72 valence electrons. The molecule has 6 heteroatoms. The maximum atomic E-state index is 11.5. The molecule has 0 aliphatic rings. The van der Waals surface area contributed by atoms with E-state index in [1.807, 2.05) is 0 Å². The number of carbonyl (C=O) groups is 1. The van der Waals surface area contributed by atoms with Crippen LogP contribution in [-0.2, 0) is 7.05 Å². The van der Waals surface area contributed by atoms with Crippen molar-refractivity contribution in [2.24, 2.45) is 7.05 Å². The molecule has 1 heterocycles. The number of nitrogens with zero attached hydrogens (tertiary/aromatic N) is 1. The lowest BCUT2D eigenvalue weighted by Gasteiger charge is -2.10. The van der Waals surface area contributed by atoms with Crippen molar-refractivity contribution in [3.05, 3.63) is 23.0 Å². The van der Waals surface area contributed by atoms with Crippen LogP contribution in [0.1, 0.15) is 10.5 Å². The number of alkyl halides is 3. The van der Waals surface area contributed by atoms with Gasteiger partial charge >= 0.3 is 0 Å². The molecular weight excluding hydrogens is 256 g/mol. The average Bonchev–Trinajstić information content (AvgIpc) is 2.28. The minimum atomic E-state index is -1.96. The van der Waals surface area contributed by atoms with Crippen molar-refractivity contribution in [2.45, 2.75) is 3.79 Å². The molecule has 0 bridgehead atoms. The first-order valence-electron chi connectivity index (χ1n) is 3.26. The zero-order chi connectivity index (χ0) is 10.2. The Balaban J connectivity index is 3.16. The van der Waals surface area contributed by atoms with Crippen LogP contribution >= 0.6 is 46.4 Å². The fourth-order valence-corrected chi connectivity index (χ4v) is 1.45. The number of carbonyl (C=O) groups excluding carboxylic acids is 1. The Hall–Kier alpha value is 0.110. The van der Waals surface area contributed by atoms with E-state index in [-0.39, 0.29) is 10.7 Å². The summed E-state index contributed by atoms with van der Waals surface area (Å²) in [7, 11) is 1.65. The number of Topliss-reactive ketones (excluding diaryl/α,β-unsaturated/α-hetero) is 1. The molecule has 0 fully saturated rings. The fraction of sp³-hybridized carbons (Fsp3) is 0.286. The van der Waals surface area contributed by atoms with Gasteiger partial charge in [-0.15, -0.1) is 0 Å². The van der Waals surface area contributed by atoms with Crippen LogP contribution in [0.4, 0.5) is 0 Å². The third kappa shape index (κ3) is 2.32. The lowest BCUT2D eigenvalue weighted by atomic mass is 10.3. The molecular formula is C7H5Cl4NO. The number of halogens is 4. The smallest absolute Gasteiger partial charge is 0.255 e. The molecule has 0 saturated carbocycles. The Morgan fingerprint density at radius 1 is 1.46 bits per heavy atom. The third-order valence-electron chi connectivity index (χ3n) is 1.50. The highest BCUT2D eigenvalue weighted by atomic mass is 35.6. The predicted molar refractivity (Wildman–Crippen MR) is 55.0 cm³/mol. The highest BCUT2D eigenvalue weighted by molar-refractivity contribution is 6.77. The van der Waals surface area contributed by atoms with Gasteiger partial charge in [-0.25, -0.2) is 0 Å². The molecule has 0 atom stereocenters. The second kappa shape index (κ2) is 3.70. The van der Waals surface area contributed by atoms with Crippen LogP contribution in [0.25, 0.3) is 0 Å². The largest absolute Gasteiger partial charge is 0.347 e. The minimum absolute atomic E-state index is 0.196. The zero-order valence-corrected chi connectivity index (χ0v) is 9.55. The van der Waals surface area contributed by atoms with Crippen LogP contribution in [0.3, 0.4) is 0 Å². The van der Waals surface area contributed by atoms with Gasteiger partial charge in [-0.1, -0.05) is 46.4 Å². The van der Waals surface area contributed by atoms with Gasteiger partial charge in [-0.2, -0.15) is 0 Å². The lowest BCUT2D eigenvalue weighted by Crippen LogP contribution is -2.21. The molecule has 0 unspecified atom stereocenters. The van der Waals surface area contributed by atoms with Crippen molar-refractivity contribution in [3.8, 4) is 0 Å². The van der Waals surface area contributed by atoms with Gasteiger partial charge in [-0.3, -0.25) is 4.79 Å². The molecule has 0 aliphatic carbocycles. The van der Waals surface area contributed by atoms with Gasteiger partial charge in [0.05, 0.1) is 5.02 Å². The highest BCUT2D eigenvalue weighted by Gasteiger charge is 2.34. The molecule has 1 rings (SSSR count). The van der Waals surface area contributed by atoms with E-state index in [1.54, 1.807) is 19.3 Å². The Labute approximate surface area is 95.3 Å². The van der Waals surface area contributed by atoms with Crippen molar-refractivity contribution >= 4 is 52.2 Å². The fourth-order valence-electron chi connectivity index (χ4n) is 0.902. The molecule has 2 nitrogen and oxygen atoms in total. The van der Waals surface area contributed by atoms with E-state index in [9.17, 15) is 4.79 Å². The first kappa shape index (κ1) is 11.2. The summed E-state index contributed by atoms with van der Waals surface area (Å²) in [6.07, 6.45) is 1.62. The Morgan fingerprint density at radius 2 is 2.00 bits per heavy atom. The molecule has 0 N–H and O–H groups in total. The van der Waals surface area contributed by atoms with Gasteiger partial charge in [0, 0.05) is 13.2 Å². The Morgan fingerprint density at radius 3 is 2.31 bits per heavy atom. The summed E-state index contributed by atoms with van der Waals surface area (Å²) in [5.74, 6) is -0.630. The van der Waals surface area contributed by atoms with Crippen LogP contribution in [0.2, 0.25) is 5.02 Å². The van der Waals surface area contributed by atoms with E-state index < -0.39 is 9.58 Å². The van der Waals surface area contributed by atoms with Gasteiger partial charge in [0.1, 0.15) is 5.69 Å². The van der Waals surface area contributed by atoms with Crippen molar-refractivity contribution in [1.29, 1.82) is 0 Å². The molecule has 0 amide bonds. The predicted octanol–water partition coefficient (Wildman–Crippen LogP) is 3.23. The van der Waals surface area contributed by atoms with E-state index in [0.29, 0.717) is 0 Å². The second-order valence-electron chi connectivity index (χ2n) is 2.45. The van der Waals surface area contributed by atoms with Gasteiger partial charge < -0.3 is 4.57 Å². The van der Waals surface area contributed by atoms with Crippen molar-refractivity contribution in [1.82, 2.24) is 4.57 Å². The molecule has 13 heavy (non-hydrogen) atoms. The van der Waals surface area contributed by atoms with Crippen LogP contribution < -0.4 is 0 Å². The van der Waals surface area contributed by atoms with Crippen molar-refractivity contribution in [3.63, 3.8) is 0 Å². The van der Waals surface area contributed by atoms with Gasteiger partial charge in [0.25, 0.3) is 3.79 Å². The summed E-state index contributed by atoms with van der Waals surface area (Å²) in [6, 6.07) is 1.56. The number of hydrogen-bond donors (Lipinski definition) is 0. The van der Waals surface area contributed by atoms with Gasteiger partial charge in [0.15, 0.2) is 0 Å². The standard InChI is InChI=1S/C7H5Cl4NO/c1-12-3-2-4(8)5(12)6(13)7(9,10)11/h2-3H,1H3. The first-order valence-corrected chi connectivity index (χ1v) is 4.77. The quantitative estimate of drug-likeness (QED) is 0.561. The van der Waals surface area contributed by atoms with Crippen molar-refractivity contribution < 1.29 is 4.79 Å². The number of rotatable bonds is 1. The topological polar surface area (TPSA) is 22.0 Å². The summed E-state index contributed by atoms with van der Waals surface area (Å²) in [4.78, 5) is 11.5. The monoisotopic (exact) mass is 259 g/mol. The average molecular weight is 261 g/mol. The summed E-state index contributed by atoms with van der Waals surface area (Å²) in [5.41, 5.74) is 0.196. The van der Waals surface area contributed by atoms with E-state index in [1.165, 1.54) is 4.57 Å². The van der Waals surface area contributed by atoms with E-state index in [2.05, 4.69) is 0 Å². The summed E-state index contributed by atoms with van der Waals surface area (Å²) >= 11 is 22.0. The van der Waals surface area contributed by atoms with E-state index in [4.69, 9.17) is 46.4 Å². The molecule has 1 aromatic heterocycles. The Bertz CT molecular complexity index is 319. The molecule has 0 aromatic carbocycles. The minimum Gasteiger partial charge on any atom is -0.347 e. The maximum absolute atomic E-state index is 11.5. The van der Waals surface area contributed by atoms with Gasteiger partial charge in [0.2, 0.25) is 5.78 Å². The van der Waals surface area contributed by atoms with Crippen LogP contribution in [0.5, 0.6) is 0 Å². The molecule has 0 spiro atoms. The van der Waals surface area contributed by atoms with Crippen LogP contribution in [0.15, 0.2) is 12.3 Å². The number of aryl methyl sites for hydroxylation is 1. The Kier molecular flexibility index (Phi) is 3.18. The van der Waals surface area contributed by atoms with E-state index in [0.717, 1.165) is 0 Å². The summed E-state index contributed by atoms with van der Waals surface area (Å²) < 4.78 is -0.456. The molecule has 0 saturated heterocycles. The van der Waals surface area contributed by atoms with Crippen LogP contribution in [0, 0.1) is 0 Å². The number of aromatic nitrogens is 1. The normalized spacial score (nSPS) is 11.8. The molecule has 0 radical (unpaired) electrons. The lowest BCUT2D eigenvalue weighted by molar-refractivity contribution is 0.0989. The number of hydrogen-bond acceptors (Lipinski definition) is 1. The summed E-state index contributed by atoms with van der Waals surface area (Å²) in [5, 5.41) is 0.277. The van der Waals surface area contributed by atoms with Crippen molar-refractivity contribution in [2.75, 3.05) is 0 Å². The zero-order valence-electron chi connectivity index (χ0n) is 6.52. The molecule has 0 aliphatic heterocycles. The molecule has 1 aromatic rings. The SMILES string of the molecule is Cn1ccc(Cl)c1C(=O)C(Cl)(Cl)Cl. The first-order chi connectivity index (χ1) is 5.84. The maximum Gasteiger partial charge on any atom is 0.255 e. The summed E-state index contributed by atoms with van der Waals surface area (Å²) in [6.45, 7) is 0. The second-order valence-corrected chi connectivity index (χ2v) is 5.14. The van der Waals surface area contributed by atoms with E-state index >= 15 is 0 Å². The van der Waals surface area contributed by atoms with Gasteiger partial charge in [-0.05, 0) is 6.07 Å².